The van der Waals surface area contributed by atoms with Crippen LogP contribution in [0.5, 0.6) is 0 Å². The van der Waals surface area contributed by atoms with Crippen molar-refractivity contribution in [2.75, 3.05) is 16.8 Å². The summed E-state index contributed by atoms with van der Waals surface area (Å²) >= 11 is 0. The van der Waals surface area contributed by atoms with Gasteiger partial charge >= 0.3 is 6.03 Å². The standard InChI is InChI=1S/C19H20FN3O4S/c20-15-5-1-13(2-6-15)11-21-18(24)14-3-7-16(8-4-14)22-19(25)23-17-9-10-28(26,27)12-17/h1-8,17H,9-12H2,(H,21,24)(H2,22,23,25). The number of anilines is 1. The number of carbonyl (C=O) groups is 2. The molecule has 0 bridgehead atoms. The predicted molar refractivity (Wildman–Crippen MR) is 103 cm³/mol. The number of nitrogens with one attached hydrogen (secondary N) is 3. The summed E-state index contributed by atoms with van der Waals surface area (Å²) in [5.41, 5.74) is 1.67. The van der Waals surface area contributed by atoms with E-state index in [1.165, 1.54) is 12.1 Å². The number of urea groups is 1. The van der Waals surface area contributed by atoms with E-state index >= 15 is 0 Å². The van der Waals surface area contributed by atoms with Gasteiger partial charge in [0.2, 0.25) is 0 Å². The molecule has 2 aromatic carbocycles. The van der Waals surface area contributed by atoms with Gasteiger partial charge in [0.15, 0.2) is 9.84 Å². The highest BCUT2D eigenvalue weighted by atomic mass is 32.2. The molecule has 0 saturated carbocycles. The van der Waals surface area contributed by atoms with Crippen molar-refractivity contribution in [3.63, 3.8) is 0 Å². The van der Waals surface area contributed by atoms with Gasteiger partial charge in [-0.25, -0.2) is 17.6 Å². The number of halogens is 1. The first-order valence-electron chi connectivity index (χ1n) is 8.71. The third kappa shape index (κ3) is 5.53. The second-order valence-electron chi connectivity index (χ2n) is 6.58. The van der Waals surface area contributed by atoms with Gasteiger partial charge in [-0.3, -0.25) is 4.79 Å². The third-order valence-corrected chi connectivity index (χ3v) is 6.11. The van der Waals surface area contributed by atoms with Crippen LogP contribution in [0.4, 0.5) is 14.9 Å². The molecule has 1 atom stereocenters. The summed E-state index contributed by atoms with van der Waals surface area (Å²) in [5.74, 6) is -0.596. The number of hydrogen-bond donors (Lipinski definition) is 3. The molecule has 0 radical (unpaired) electrons. The number of benzene rings is 2. The Bertz CT molecular complexity index is 960. The van der Waals surface area contributed by atoms with Crippen molar-refractivity contribution >= 4 is 27.5 Å². The molecule has 1 aliphatic rings. The van der Waals surface area contributed by atoms with Crippen LogP contribution >= 0.6 is 0 Å². The van der Waals surface area contributed by atoms with Gasteiger partial charge < -0.3 is 16.0 Å². The SMILES string of the molecule is O=C(Nc1ccc(C(=O)NCc2ccc(F)cc2)cc1)NC1CCS(=O)(=O)C1. The lowest BCUT2D eigenvalue weighted by molar-refractivity contribution is 0.0951. The van der Waals surface area contributed by atoms with Crippen LogP contribution in [0.1, 0.15) is 22.3 Å². The van der Waals surface area contributed by atoms with Gasteiger partial charge in [-0.2, -0.15) is 0 Å². The van der Waals surface area contributed by atoms with Gasteiger partial charge in [-0.15, -0.1) is 0 Å². The fraction of sp³-hybridized carbons (Fsp3) is 0.263. The molecule has 1 fully saturated rings. The average molecular weight is 405 g/mol. The van der Waals surface area contributed by atoms with E-state index in [4.69, 9.17) is 0 Å². The van der Waals surface area contributed by atoms with Crippen LogP contribution in [0.3, 0.4) is 0 Å². The summed E-state index contributed by atoms with van der Waals surface area (Å²) in [5, 5.41) is 7.97. The lowest BCUT2D eigenvalue weighted by Gasteiger charge is -2.12. The first kappa shape index (κ1) is 19.8. The van der Waals surface area contributed by atoms with Crippen molar-refractivity contribution in [1.29, 1.82) is 0 Å². The Hall–Kier alpha value is -2.94. The zero-order valence-electron chi connectivity index (χ0n) is 14.9. The Kier molecular flexibility index (Phi) is 5.93. The highest BCUT2D eigenvalue weighted by Crippen LogP contribution is 2.13. The third-order valence-electron chi connectivity index (χ3n) is 4.34. The Labute approximate surface area is 162 Å². The molecule has 148 valence electrons. The Balaban J connectivity index is 1.49. The fourth-order valence-corrected chi connectivity index (χ4v) is 4.53. The smallest absolute Gasteiger partial charge is 0.319 e. The molecule has 0 spiro atoms. The molecule has 7 nitrogen and oxygen atoms in total. The van der Waals surface area contributed by atoms with E-state index in [1.807, 2.05) is 0 Å². The number of carbonyl (C=O) groups excluding carboxylic acids is 2. The first-order valence-corrected chi connectivity index (χ1v) is 10.5. The zero-order valence-corrected chi connectivity index (χ0v) is 15.8. The lowest BCUT2D eigenvalue weighted by atomic mass is 10.1. The van der Waals surface area contributed by atoms with Crippen LogP contribution in [0.2, 0.25) is 0 Å². The van der Waals surface area contributed by atoms with Crippen molar-refractivity contribution in [1.82, 2.24) is 10.6 Å². The van der Waals surface area contributed by atoms with Crippen molar-refractivity contribution < 1.29 is 22.4 Å². The molecule has 1 unspecified atom stereocenters. The molecular formula is C19H20FN3O4S. The van der Waals surface area contributed by atoms with Crippen LogP contribution < -0.4 is 16.0 Å². The van der Waals surface area contributed by atoms with E-state index in [9.17, 15) is 22.4 Å². The normalized spacial score (nSPS) is 17.7. The van der Waals surface area contributed by atoms with Crippen LogP contribution in [0.15, 0.2) is 48.5 Å². The topological polar surface area (TPSA) is 104 Å². The summed E-state index contributed by atoms with van der Waals surface area (Å²) in [6.45, 7) is 0.270. The molecule has 0 aromatic heterocycles. The van der Waals surface area contributed by atoms with Crippen LogP contribution in [0, 0.1) is 5.82 Å². The number of rotatable bonds is 5. The Morgan fingerprint density at radius 1 is 1.04 bits per heavy atom. The highest BCUT2D eigenvalue weighted by molar-refractivity contribution is 7.91. The average Bonchev–Trinajstić information content (AvgIpc) is 2.99. The summed E-state index contributed by atoms with van der Waals surface area (Å²) in [6.07, 6.45) is 0.406. The predicted octanol–water partition coefficient (Wildman–Crippen LogP) is 2.06. The van der Waals surface area contributed by atoms with Crippen LogP contribution in [-0.2, 0) is 16.4 Å². The minimum absolute atomic E-state index is 0.0480. The molecule has 9 heteroatoms. The molecule has 1 heterocycles. The van der Waals surface area contributed by atoms with E-state index < -0.39 is 15.9 Å². The maximum absolute atomic E-state index is 12.9. The van der Waals surface area contributed by atoms with E-state index in [0.717, 1.165) is 5.56 Å². The fourth-order valence-electron chi connectivity index (χ4n) is 2.85. The second-order valence-corrected chi connectivity index (χ2v) is 8.81. The summed E-state index contributed by atoms with van der Waals surface area (Å²) in [4.78, 5) is 24.1. The highest BCUT2D eigenvalue weighted by Gasteiger charge is 2.28. The van der Waals surface area contributed by atoms with Crippen molar-refractivity contribution in [2.45, 2.75) is 19.0 Å². The van der Waals surface area contributed by atoms with Crippen LogP contribution in [-0.4, -0.2) is 37.9 Å². The van der Waals surface area contributed by atoms with Gasteiger partial charge in [-0.1, -0.05) is 12.1 Å². The lowest BCUT2D eigenvalue weighted by Crippen LogP contribution is -2.38. The number of hydrogen-bond acceptors (Lipinski definition) is 4. The molecule has 3 amide bonds. The molecule has 1 aliphatic heterocycles. The monoisotopic (exact) mass is 405 g/mol. The summed E-state index contributed by atoms with van der Waals surface area (Å²) in [6, 6.07) is 11.3. The largest absolute Gasteiger partial charge is 0.348 e. The molecule has 1 saturated heterocycles. The van der Waals surface area contributed by atoms with Crippen molar-refractivity contribution in [3.05, 3.63) is 65.5 Å². The van der Waals surface area contributed by atoms with Gasteiger partial charge in [0.05, 0.1) is 11.5 Å². The molecule has 3 N–H and O–H groups in total. The van der Waals surface area contributed by atoms with Gasteiger partial charge in [-0.05, 0) is 48.4 Å². The minimum Gasteiger partial charge on any atom is -0.348 e. The molecule has 2 aromatic rings. The number of sulfone groups is 1. The molecular weight excluding hydrogens is 385 g/mol. The molecule has 28 heavy (non-hydrogen) atoms. The maximum atomic E-state index is 12.9. The summed E-state index contributed by atoms with van der Waals surface area (Å²) in [7, 11) is -3.06. The van der Waals surface area contributed by atoms with Crippen LogP contribution in [0.25, 0.3) is 0 Å². The van der Waals surface area contributed by atoms with Crippen molar-refractivity contribution in [3.8, 4) is 0 Å². The summed E-state index contributed by atoms with van der Waals surface area (Å²) < 4.78 is 35.7. The first-order chi connectivity index (χ1) is 13.3. The van der Waals surface area contributed by atoms with Gasteiger partial charge in [0.25, 0.3) is 5.91 Å². The van der Waals surface area contributed by atoms with E-state index in [0.29, 0.717) is 17.7 Å². The minimum atomic E-state index is -3.06. The second kappa shape index (κ2) is 8.39. The van der Waals surface area contributed by atoms with Gasteiger partial charge in [0.1, 0.15) is 5.82 Å². The zero-order chi connectivity index (χ0) is 20.1. The van der Waals surface area contributed by atoms with E-state index in [2.05, 4.69) is 16.0 Å². The van der Waals surface area contributed by atoms with Crippen molar-refractivity contribution in [2.24, 2.45) is 0 Å². The quantitative estimate of drug-likeness (QED) is 0.708. The van der Waals surface area contributed by atoms with Gasteiger partial charge in [0, 0.05) is 23.8 Å². The Morgan fingerprint density at radius 2 is 1.71 bits per heavy atom. The van der Waals surface area contributed by atoms with E-state index in [-0.39, 0.29) is 35.8 Å². The van der Waals surface area contributed by atoms with E-state index in [1.54, 1.807) is 36.4 Å². The number of amides is 3. The maximum Gasteiger partial charge on any atom is 0.319 e. The Morgan fingerprint density at radius 3 is 2.32 bits per heavy atom. The molecule has 0 aliphatic carbocycles. The molecule has 3 rings (SSSR count).